The Hall–Kier alpha value is -2.30. The number of aromatic nitrogens is 1. The molecule has 2 N–H and O–H groups in total. The van der Waals surface area contributed by atoms with Crippen LogP contribution in [0.25, 0.3) is 10.9 Å². The van der Waals surface area contributed by atoms with Gasteiger partial charge in [0.05, 0.1) is 0 Å². The van der Waals surface area contributed by atoms with Crippen molar-refractivity contribution in [1.29, 1.82) is 0 Å². The molecule has 0 saturated carbocycles. The zero-order valence-electron chi connectivity index (χ0n) is 10.8. The molecule has 100 valence electrons. The van der Waals surface area contributed by atoms with E-state index in [4.69, 9.17) is 5.11 Å². The lowest BCUT2D eigenvalue weighted by molar-refractivity contribution is -0.140. The highest BCUT2D eigenvalue weighted by molar-refractivity contribution is 5.96. The summed E-state index contributed by atoms with van der Waals surface area (Å²) in [4.78, 5) is 22.4. The predicted molar refractivity (Wildman–Crippen MR) is 70.6 cm³/mol. The number of hydrogen-bond acceptors (Lipinski definition) is 2. The number of hydrogen-bond donors (Lipinski definition) is 2. The van der Waals surface area contributed by atoms with E-state index >= 15 is 0 Å². The SMILES string of the molecule is CCc1ccc2c(c1)cc(C(=O)O)n2C(C)C(=O)O. The van der Waals surface area contributed by atoms with Crippen LogP contribution in [0, 0.1) is 0 Å². The molecule has 0 fully saturated rings. The molecule has 1 heterocycles. The second-order valence-corrected chi connectivity index (χ2v) is 4.47. The van der Waals surface area contributed by atoms with Gasteiger partial charge in [0.15, 0.2) is 0 Å². The van der Waals surface area contributed by atoms with Crippen molar-refractivity contribution in [2.75, 3.05) is 0 Å². The van der Waals surface area contributed by atoms with Gasteiger partial charge in [-0.1, -0.05) is 13.0 Å². The fraction of sp³-hybridized carbons (Fsp3) is 0.286. The van der Waals surface area contributed by atoms with Crippen LogP contribution >= 0.6 is 0 Å². The van der Waals surface area contributed by atoms with Gasteiger partial charge in [0.1, 0.15) is 11.7 Å². The van der Waals surface area contributed by atoms with E-state index in [1.54, 1.807) is 6.07 Å². The molecule has 5 nitrogen and oxygen atoms in total. The molecule has 0 amide bonds. The summed E-state index contributed by atoms with van der Waals surface area (Å²) in [5.41, 5.74) is 1.72. The number of benzene rings is 1. The molecule has 1 unspecified atom stereocenters. The Bertz CT molecular complexity index is 657. The number of carbonyl (C=O) groups is 2. The summed E-state index contributed by atoms with van der Waals surface area (Å²) in [6.45, 7) is 3.48. The molecule has 1 aromatic heterocycles. The number of fused-ring (bicyclic) bond motifs is 1. The van der Waals surface area contributed by atoms with E-state index in [2.05, 4.69) is 0 Å². The van der Waals surface area contributed by atoms with Crippen molar-refractivity contribution >= 4 is 22.8 Å². The summed E-state index contributed by atoms with van der Waals surface area (Å²) in [6.07, 6.45) is 0.845. The molecule has 5 heteroatoms. The second kappa shape index (κ2) is 4.76. The number of carboxylic acid groups (broad SMARTS) is 2. The highest BCUT2D eigenvalue weighted by Gasteiger charge is 2.22. The van der Waals surface area contributed by atoms with Gasteiger partial charge < -0.3 is 14.8 Å². The molecule has 0 saturated heterocycles. The summed E-state index contributed by atoms with van der Waals surface area (Å²) in [5.74, 6) is -2.18. The van der Waals surface area contributed by atoms with Crippen molar-refractivity contribution in [3.05, 3.63) is 35.5 Å². The molecule has 0 aliphatic rings. The van der Waals surface area contributed by atoms with Gasteiger partial charge in [-0.3, -0.25) is 0 Å². The Morgan fingerprint density at radius 3 is 2.47 bits per heavy atom. The van der Waals surface area contributed by atoms with Crippen LogP contribution in [0.2, 0.25) is 0 Å². The van der Waals surface area contributed by atoms with Crippen molar-refractivity contribution in [3.8, 4) is 0 Å². The van der Waals surface area contributed by atoms with E-state index < -0.39 is 18.0 Å². The lowest BCUT2D eigenvalue weighted by atomic mass is 10.1. The van der Waals surface area contributed by atoms with Crippen LogP contribution in [0.1, 0.15) is 35.9 Å². The predicted octanol–water partition coefficient (Wildman–Crippen LogP) is 2.55. The molecule has 0 bridgehead atoms. The number of aryl methyl sites for hydroxylation is 1. The standard InChI is InChI=1S/C14H15NO4/c1-3-9-4-5-11-10(6-9)7-12(14(18)19)15(11)8(2)13(16)17/h4-8H,3H2,1-2H3,(H,16,17)(H,18,19). The summed E-state index contributed by atoms with van der Waals surface area (Å²) < 4.78 is 1.35. The Kier molecular flexibility index (Phi) is 3.29. The molecule has 0 aliphatic carbocycles. The van der Waals surface area contributed by atoms with Crippen LogP contribution in [0.4, 0.5) is 0 Å². The third-order valence-corrected chi connectivity index (χ3v) is 3.28. The van der Waals surface area contributed by atoms with Crippen molar-refractivity contribution in [1.82, 2.24) is 4.57 Å². The molecule has 19 heavy (non-hydrogen) atoms. The van der Waals surface area contributed by atoms with Gasteiger partial charge >= 0.3 is 11.9 Å². The summed E-state index contributed by atoms with van der Waals surface area (Å²) in [5, 5.41) is 19.1. The number of aliphatic carboxylic acids is 1. The molecular weight excluding hydrogens is 246 g/mol. The first kappa shape index (κ1) is 13.1. The highest BCUT2D eigenvalue weighted by Crippen LogP contribution is 2.25. The van der Waals surface area contributed by atoms with E-state index in [0.717, 1.165) is 17.4 Å². The van der Waals surface area contributed by atoms with E-state index in [9.17, 15) is 14.7 Å². The number of rotatable bonds is 4. The first-order valence-electron chi connectivity index (χ1n) is 6.05. The van der Waals surface area contributed by atoms with Gasteiger partial charge in [0.2, 0.25) is 0 Å². The molecule has 0 spiro atoms. The first-order valence-corrected chi connectivity index (χ1v) is 6.05. The van der Waals surface area contributed by atoms with Crippen LogP contribution in [-0.2, 0) is 11.2 Å². The molecule has 0 aliphatic heterocycles. The summed E-state index contributed by atoms with van der Waals surface area (Å²) >= 11 is 0. The maximum Gasteiger partial charge on any atom is 0.352 e. The molecule has 1 aromatic carbocycles. The van der Waals surface area contributed by atoms with Gasteiger partial charge in [-0.25, -0.2) is 9.59 Å². The number of nitrogens with zero attached hydrogens (tertiary/aromatic N) is 1. The number of carboxylic acids is 2. The topological polar surface area (TPSA) is 79.5 Å². The van der Waals surface area contributed by atoms with Gasteiger partial charge in [-0.2, -0.15) is 0 Å². The summed E-state index contributed by atoms with van der Waals surface area (Å²) in [7, 11) is 0. The largest absolute Gasteiger partial charge is 0.480 e. The van der Waals surface area contributed by atoms with Gasteiger partial charge in [-0.05, 0) is 37.1 Å². The monoisotopic (exact) mass is 261 g/mol. The van der Waals surface area contributed by atoms with Crippen molar-refractivity contribution in [3.63, 3.8) is 0 Å². The Morgan fingerprint density at radius 1 is 1.26 bits per heavy atom. The maximum atomic E-state index is 11.3. The van der Waals surface area contributed by atoms with Crippen LogP contribution < -0.4 is 0 Å². The molecule has 0 radical (unpaired) electrons. The van der Waals surface area contributed by atoms with E-state index in [1.807, 2.05) is 19.1 Å². The molecule has 1 atom stereocenters. The Balaban J connectivity index is 2.74. The minimum Gasteiger partial charge on any atom is -0.480 e. The first-order chi connectivity index (χ1) is 8.95. The Labute approximate surface area is 110 Å². The van der Waals surface area contributed by atoms with Gasteiger partial charge in [-0.15, -0.1) is 0 Å². The van der Waals surface area contributed by atoms with Crippen LogP contribution in [0.15, 0.2) is 24.3 Å². The molecule has 2 aromatic rings. The average molecular weight is 261 g/mol. The second-order valence-electron chi connectivity index (χ2n) is 4.47. The van der Waals surface area contributed by atoms with E-state index in [1.165, 1.54) is 17.6 Å². The van der Waals surface area contributed by atoms with E-state index in [-0.39, 0.29) is 5.69 Å². The average Bonchev–Trinajstić information content (AvgIpc) is 2.75. The highest BCUT2D eigenvalue weighted by atomic mass is 16.4. The third kappa shape index (κ3) is 2.19. The molecule has 2 rings (SSSR count). The number of aromatic carboxylic acids is 1. The third-order valence-electron chi connectivity index (χ3n) is 3.28. The van der Waals surface area contributed by atoms with Crippen LogP contribution in [-0.4, -0.2) is 26.7 Å². The fourth-order valence-electron chi connectivity index (χ4n) is 2.20. The molecular formula is C14H15NO4. The zero-order chi connectivity index (χ0) is 14.2. The summed E-state index contributed by atoms with van der Waals surface area (Å²) in [6, 6.07) is 6.17. The normalized spacial score (nSPS) is 12.5. The smallest absolute Gasteiger partial charge is 0.352 e. The lowest BCUT2D eigenvalue weighted by Crippen LogP contribution is -2.19. The van der Waals surface area contributed by atoms with Crippen LogP contribution in [0.5, 0.6) is 0 Å². The minimum absolute atomic E-state index is 0.00171. The zero-order valence-corrected chi connectivity index (χ0v) is 10.8. The van der Waals surface area contributed by atoms with Crippen molar-refractivity contribution in [2.24, 2.45) is 0 Å². The van der Waals surface area contributed by atoms with E-state index in [0.29, 0.717) is 5.52 Å². The quantitative estimate of drug-likeness (QED) is 0.886. The minimum atomic E-state index is -1.12. The van der Waals surface area contributed by atoms with Crippen LogP contribution in [0.3, 0.4) is 0 Å². The Morgan fingerprint density at radius 2 is 1.95 bits per heavy atom. The van der Waals surface area contributed by atoms with Gasteiger partial charge in [0, 0.05) is 10.9 Å². The lowest BCUT2D eigenvalue weighted by Gasteiger charge is -2.13. The van der Waals surface area contributed by atoms with Crippen molar-refractivity contribution < 1.29 is 19.8 Å². The van der Waals surface area contributed by atoms with Gasteiger partial charge in [0.25, 0.3) is 0 Å². The fourth-order valence-corrected chi connectivity index (χ4v) is 2.20. The van der Waals surface area contributed by atoms with Crippen molar-refractivity contribution in [2.45, 2.75) is 26.3 Å². The maximum absolute atomic E-state index is 11.3.